The minimum atomic E-state index is -0.939. The lowest BCUT2D eigenvalue weighted by atomic mass is 9.69. The Hall–Kier alpha value is -2.84. The summed E-state index contributed by atoms with van der Waals surface area (Å²) in [7, 11) is 1.38. The molecule has 8 nitrogen and oxygen atoms in total. The van der Waals surface area contributed by atoms with Crippen LogP contribution in [0.4, 0.5) is 0 Å². The lowest BCUT2D eigenvalue weighted by Gasteiger charge is -2.52. The van der Waals surface area contributed by atoms with Crippen molar-refractivity contribution in [1.29, 1.82) is 0 Å². The zero-order valence-electron chi connectivity index (χ0n) is 18.2. The quantitative estimate of drug-likeness (QED) is 0.712. The van der Waals surface area contributed by atoms with E-state index < -0.39 is 12.0 Å². The van der Waals surface area contributed by atoms with Crippen LogP contribution in [0.5, 0.6) is 0 Å². The molecule has 0 saturated carbocycles. The molecule has 4 aliphatic heterocycles. The van der Waals surface area contributed by atoms with E-state index in [0.717, 1.165) is 24.9 Å². The Morgan fingerprint density at radius 1 is 1.31 bits per heavy atom. The van der Waals surface area contributed by atoms with Crippen LogP contribution in [-0.4, -0.2) is 70.4 Å². The predicted molar refractivity (Wildman–Crippen MR) is 116 cm³/mol. The SMILES string of the molecule is COC(=O)C1=CN(C(C)C(=O)O)C2OCC3C2C1CC1c2[nH]c4ccccc4c2CCN13. The Morgan fingerprint density at radius 3 is 2.91 bits per heavy atom. The first-order chi connectivity index (χ1) is 15.5. The molecule has 32 heavy (non-hydrogen) atoms. The summed E-state index contributed by atoms with van der Waals surface area (Å²) in [5.74, 6) is -1.35. The maximum absolute atomic E-state index is 12.8. The van der Waals surface area contributed by atoms with Crippen LogP contribution in [0.25, 0.3) is 10.9 Å². The van der Waals surface area contributed by atoms with Crippen molar-refractivity contribution in [3.05, 3.63) is 47.3 Å². The number of aliphatic carboxylic acids is 1. The number of piperidine rings is 1. The molecule has 0 radical (unpaired) electrons. The van der Waals surface area contributed by atoms with Crippen molar-refractivity contribution in [3.63, 3.8) is 0 Å². The third kappa shape index (κ3) is 2.62. The summed E-state index contributed by atoms with van der Waals surface area (Å²) in [6.45, 7) is 3.09. The van der Waals surface area contributed by atoms with Crippen LogP contribution in [-0.2, 0) is 25.5 Å². The largest absolute Gasteiger partial charge is 0.480 e. The van der Waals surface area contributed by atoms with Gasteiger partial charge in [0.2, 0.25) is 0 Å². The van der Waals surface area contributed by atoms with Gasteiger partial charge in [-0.25, -0.2) is 9.59 Å². The summed E-state index contributed by atoms with van der Waals surface area (Å²) in [5.41, 5.74) is 4.32. The monoisotopic (exact) mass is 437 g/mol. The first kappa shape index (κ1) is 19.8. The molecule has 0 spiro atoms. The highest BCUT2D eigenvalue weighted by Crippen LogP contribution is 2.53. The van der Waals surface area contributed by atoms with Gasteiger partial charge in [-0.2, -0.15) is 0 Å². The fraction of sp³-hybridized carbons (Fsp3) is 0.500. The van der Waals surface area contributed by atoms with Crippen LogP contribution >= 0.6 is 0 Å². The third-order valence-corrected chi connectivity index (χ3v) is 7.99. The number of ether oxygens (including phenoxy) is 2. The van der Waals surface area contributed by atoms with Gasteiger partial charge < -0.3 is 24.5 Å². The van der Waals surface area contributed by atoms with Gasteiger partial charge in [0.1, 0.15) is 12.3 Å². The molecular weight excluding hydrogens is 410 g/mol. The van der Waals surface area contributed by atoms with Crippen LogP contribution in [0.1, 0.15) is 30.6 Å². The Labute approximate surface area is 185 Å². The summed E-state index contributed by atoms with van der Waals surface area (Å²) in [6, 6.07) is 7.91. The van der Waals surface area contributed by atoms with Gasteiger partial charge in [-0.1, -0.05) is 18.2 Å². The van der Waals surface area contributed by atoms with E-state index in [4.69, 9.17) is 9.47 Å². The molecule has 4 aliphatic rings. The van der Waals surface area contributed by atoms with E-state index in [0.29, 0.717) is 12.2 Å². The molecule has 0 aliphatic carbocycles. The van der Waals surface area contributed by atoms with Crippen molar-refractivity contribution in [2.75, 3.05) is 20.3 Å². The topological polar surface area (TPSA) is 95.1 Å². The van der Waals surface area contributed by atoms with Crippen LogP contribution in [0.15, 0.2) is 36.0 Å². The van der Waals surface area contributed by atoms with Gasteiger partial charge in [0.25, 0.3) is 0 Å². The maximum atomic E-state index is 12.8. The number of rotatable bonds is 3. The second kappa shape index (κ2) is 7.08. The highest BCUT2D eigenvalue weighted by atomic mass is 16.5. The lowest BCUT2D eigenvalue weighted by molar-refractivity contribution is -0.150. The molecule has 0 amide bonds. The number of nitrogens with zero attached hydrogens (tertiary/aromatic N) is 2. The summed E-state index contributed by atoms with van der Waals surface area (Å²) in [6.07, 6.45) is 3.07. The Bertz CT molecular complexity index is 1140. The number of hydrogen-bond acceptors (Lipinski definition) is 6. The molecular formula is C24H27N3O5. The highest BCUT2D eigenvalue weighted by Gasteiger charge is 2.58. The van der Waals surface area contributed by atoms with Gasteiger partial charge in [-0.3, -0.25) is 4.90 Å². The molecule has 8 heteroatoms. The van der Waals surface area contributed by atoms with E-state index in [1.165, 1.54) is 23.8 Å². The molecule has 1 aromatic carbocycles. The lowest BCUT2D eigenvalue weighted by Crippen LogP contribution is -2.59. The molecule has 1 aromatic heterocycles. The molecule has 2 aromatic rings. The van der Waals surface area contributed by atoms with Gasteiger partial charge in [-0.05, 0) is 31.4 Å². The normalized spacial score (nSPS) is 32.0. The zero-order chi connectivity index (χ0) is 22.1. The Morgan fingerprint density at radius 2 is 2.12 bits per heavy atom. The molecule has 6 rings (SSSR count). The predicted octanol–water partition coefficient (Wildman–Crippen LogP) is 2.27. The van der Waals surface area contributed by atoms with Gasteiger partial charge >= 0.3 is 11.9 Å². The second-order valence-electron chi connectivity index (χ2n) is 9.31. The third-order valence-electron chi connectivity index (χ3n) is 7.99. The first-order valence-electron chi connectivity index (χ1n) is 11.3. The summed E-state index contributed by atoms with van der Waals surface area (Å²) >= 11 is 0. The standard InChI is InChI=1S/C24H27N3O5/c1-12(23(28)29)27-10-16(24(30)31-2)15-9-18-21-14(13-5-3-4-6-17(13)25-21)7-8-26(18)19-11-32-22(27)20(15)19/h3-6,10,12,15,18-20,22,25H,7-9,11H2,1-2H3,(H,28,29). The van der Waals surface area contributed by atoms with E-state index in [1.807, 2.05) is 6.07 Å². The zero-order valence-corrected chi connectivity index (χ0v) is 18.2. The van der Waals surface area contributed by atoms with Crippen LogP contribution < -0.4 is 0 Å². The number of fused-ring (bicyclic) bond motifs is 6. The Balaban J connectivity index is 1.45. The van der Waals surface area contributed by atoms with Gasteiger partial charge in [0.15, 0.2) is 0 Å². The average molecular weight is 437 g/mol. The number of H-pyrrole nitrogens is 1. The molecule has 6 atom stereocenters. The maximum Gasteiger partial charge on any atom is 0.335 e. The molecule has 2 fully saturated rings. The van der Waals surface area contributed by atoms with E-state index >= 15 is 0 Å². The summed E-state index contributed by atoms with van der Waals surface area (Å²) in [5, 5.41) is 10.9. The fourth-order valence-corrected chi connectivity index (χ4v) is 6.51. The van der Waals surface area contributed by atoms with Crippen molar-refractivity contribution in [3.8, 4) is 0 Å². The molecule has 168 valence electrons. The first-order valence-corrected chi connectivity index (χ1v) is 11.3. The molecule has 0 bridgehead atoms. The molecule has 6 unspecified atom stereocenters. The average Bonchev–Trinajstić information content (AvgIpc) is 3.41. The molecule has 2 N–H and O–H groups in total. The minimum absolute atomic E-state index is 0.0260. The number of esters is 1. The van der Waals surface area contributed by atoms with Crippen molar-refractivity contribution < 1.29 is 24.2 Å². The number of carbonyl (C=O) groups is 2. The summed E-state index contributed by atoms with van der Waals surface area (Å²) in [4.78, 5) is 32.5. The number of para-hydroxylation sites is 1. The smallest absolute Gasteiger partial charge is 0.335 e. The van der Waals surface area contributed by atoms with Gasteiger partial charge in [-0.15, -0.1) is 0 Å². The van der Waals surface area contributed by atoms with E-state index in [2.05, 4.69) is 28.1 Å². The Kier molecular flexibility index (Phi) is 4.39. The molecule has 5 heterocycles. The number of nitrogens with one attached hydrogen (secondary N) is 1. The van der Waals surface area contributed by atoms with E-state index in [9.17, 15) is 14.7 Å². The van der Waals surface area contributed by atoms with Crippen LogP contribution in [0.3, 0.4) is 0 Å². The van der Waals surface area contributed by atoms with Crippen molar-refractivity contribution >= 4 is 22.8 Å². The molecule has 2 saturated heterocycles. The van der Waals surface area contributed by atoms with Crippen molar-refractivity contribution in [2.45, 2.75) is 44.1 Å². The van der Waals surface area contributed by atoms with Crippen molar-refractivity contribution in [1.82, 2.24) is 14.8 Å². The number of carboxylic acids is 1. The number of aromatic nitrogens is 1. The number of carbonyl (C=O) groups excluding carboxylic acids is 1. The van der Waals surface area contributed by atoms with Crippen LogP contribution in [0.2, 0.25) is 0 Å². The van der Waals surface area contributed by atoms with Gasteiger partial charge in [0.05, 0.1) is 25.3 Å². The highest BCUT2D eigenvalue weighted by molar-refractivity contribution is 5.89. The van der Waals surface area contributed by atoms with E-state index in [-0.39, 0.29) is 36.1 Å². The number of aromatic amines is 1. The minimum Gasteiger partial charge on any atom is -0.480 e. The second-order valence-corrected chi connectivity index (χ2v) is 9.31. The van der Waals surface area contributed by atoms with Gasteiger partial charge in [0, 0.05) is 47.2 Å². The number of carboxylic acid groups (broad SMARTS) is 1. The number of methoxy groups -OCH3 is 1. The fourth-order valence-electron chi connectivity index (χ4n) is 6.51. The number of benzene rings is 1. The van der Waals surface area contributed by atoms with Crippen LogP contribution in [0, 0.1) is 11.8 Å². The van der Waals surface area contributed by atoms with Crippen molar-refractivity contribution in [2.24, 2.45) is 11.8 Å². The number of hydrogen-bond donors (Lipinski definition) is 2. The van der Waals surface area contributed by atoms with E-state index in [1.54, 1.807) is 18.0 Å². The summed E-state index contributed by atoms with van der Waals surface area (Å²) < 4.78 is 11.4.